The maximum atomic E-state index is 11.4. The first kappa shape index (κ1) is 17.1. The van der Waals surface area contributed by atoms with E-state index in [4.69, 9.17) is 14.2 Å². The molecule has 0 saturated heterocycles. The summed E-state index contributed by atoms with van der Waals surface area (Å²) in [5.74, 6) is 1.48. The van der Waals surface area contributed by atoms with Gasteiger partial charge in [-0.2, -0.15) is 0 Å². The minimum atomic E-state index is -0.243. The molecule has 2 N–H and O–H groups in total. The van der Waals surface area contributed by atoms with Crippen LogP contribution in [-0.2, 0) is 11.2 Å². The molecule has 2 amide bonds. The number of ether oxygens (including phenoxy) is 3. The van der Waals surface area contributed by atoms with Crippen LogP contribution in [0.3, 0.4) is 0 Å². The van der Waals surface area contributed by atoms with E-state index in [2.05, 4.69) is 10.6 Å². The molecule has 0 unspecified atom stereocenters. The Bertz CT molecular complexity index is 438. The van der Waals surface area contributed by atoms with Gasteiger partial charge in [-0.15, -0.1) is 0 Å². The lowest BCUT2D eigenvalue weighted by Gasteiger charge is -2.12. The molecule has 21 heavy (non-hydrogen) atoms. The van der Waals surface area contributed by atoms with Crippen LogP contribution in [0.4, 0.5) is 4.79 Å². The van der Waals surface area contributed by atoms with Crippen molar-refractivity contribution in [2.75, 3.05) is 33.6 Å². The lowest BCUT2D eigenvalue weighted by molar-refractivity contribution is 0.172. The highest BCUT2D eigenvalue weighted by Gasteiger charge is 2.06. The minimum absolute atomic E-state index is 0.198. The lowest BCUT2D eigenvalue weighted by atomic mass is 10.1. The Hall–Kier alpha value is -1.95. The molecule has 1 rings (SSSR count). The molecule has 0 radical (unpaired) electrons. The second kappa shape index (κ2) is 9.88. The van der Waals surface area contributed by atoms with Crippen LogP contribution in [0.2, 0.25) is 0 Å². The van der Waals surface area contributed by atoms with Crippen molar-refractivity contribution in [2.45, 2.75) is 20.3 Å². The number of hydrogen-bond donors (Lipinski definition) is 2. The van der Waals surface area contributed by atoms with Crippen molar-refractivity contribution < 1.29 is 19.0 Å². The van der Waals surface area contributed by atoms with Crippen molar-refractivity contribution in [1.82, 2.24) is 10.6 Å². The summed E-state index contributed by atoms with van der Waals surface area (Å²) in [6.07, 6.45) is 0.715. The van der Waals surface area contributed by atoms with Crippen LogP contribution in [0.5, 0.6) is 11.5 Å². The van der Waals surface area contributed by atoms with E-state index >= 15 is 0 Å². The van der Waals surface area contributed by atoms with E-state index in [-0.39, 0.29) is 12.8 Å². The molecule has 0 aliphatic heterocycles. The average Bonchev–Trinajstić information content (AvgIpc) is 2.48. The highest BCUT2D eigenvalue weighted by molar-refractivity contribution is 5.73. The molecule has 6 nitrogen and oxygen atoms in total. The Morgan fingerprint density at radius 1 is 1.10 bits per heavy atom. The van der Waals surface area contributed by atoms with E-state index in [1.165, 1.54) is 7.11 Å². The number of nitrogens with one attached hydrogen (secondary N) is 2. The third-order valence-electron chi connectivity index (χ3n) is 2.68. The zero-order valence-electron chi connectivity index (χ0n) is 12.9. The van der Waals surface area contributed by atoms with E-state index in [0.717, 1.165) is 17.1 Å². The Morgan fingerprint density at radius 2 is 1.81 bits per heavy atom. The van der Waals surface area contributed by atoms with Crippen molar-refractivity contribution in [2.24, 2.45) is 0 Å². The maximum Gasteiger partial charge on any atom is 0.316 e. The quantitative estimate of drug-likeness (QED) is 0.683. The number of rotatable bonds is 9. The fourth-order valence-electron chi connectivity index (χ4n) is 1.77. The molecule has 0 atom stereocenters. The van der Waals surface area contributed by atoms with Crippen molar-refractivity contribution in [1.29, 1.82) is 0 Å². The molecule has 1 aromatic carbocycles. The fraction of sp³-hybridized carbons (Fsp3) is 0.533. The maximum absolute atomic E-state index is 11.4. The summed E-state index contributed by atoms with van der Waals surface area (Å²) in [6.45, 7) is 5.79. The Kier molecular flexibility index (Phi) is 8.04. The number of methoxy groups -OCH3 is 1. The third kappa shape index (κ3) is 6.35. The SMILES string of the molecule is CCOc1ccc(CCNC(=O)NCOC)cc1OCC. The number of carbonyl (C=O) groups is 1. The van der Waals surface area contributed by atoms with Crippen LogP contribution in [0.1, 0.15) is 19.4 Å². The van der Waals surface area contributed by atoms with Crippen LogP contribution in [-0.4, -0.2) is 39.6 Å². The minimum Gasteiger partial charge on any atom is -0.490 e. The van der Waals surface area contributed by atoms with Gasteiger partial charge in [-0.25, -0.2) is 4.79 Å². The van der Waals surface area contributed by atoms with Crippen molar-refractivity contribution in [3.8, 4) is 11.5 Å². The Morgan fingerprint density at radius 3 is 2.48 bits per heavy atom. The summed E-state index contributed by atoms with van der Waals surface area (Å²) in [4.78, 5) is 11.4. The predicted octanol–water partition coefficient (Wildman–Crippen LogP) is 1.93. The molecular weight excluding hydrogens is 272 g/mol. The number of carbonyl (C=O) groups excluding carboxylic acids is 1. The van der Waals surface area contributed by atoms with E-state index in [0.29, 0.717) is 26.2 Å². The van der Waals surface area contributed by atoms with Gasteiger partial charge < -0.3 is 24.8 Å². The van der Waals surface area contributed by atoms with Gasteiger partial charge in [0.1, 0.15) is 6.73 Å². The van der Waals surface area contributed by atoms with Crippen LogP contribution in [0.25, 0.3) is 0 Å². The summed E-state index contributed by atoms with van der Waals surface area (Å²) in [5.41, 5.74) is 1.08. The molecular formula is C15H24N2O4. The first-order valence-corrected chi connectivity index (χ1v) is 7.10. The smallest absolute Gasteiger partial charge is 0.316 e. The van der Waals surface area contributed by atoms with Crippen molar-refractivity contribution in [3.63, 3.8) is 0 Å². The summed E-state index contributed by atoms with van der Waals surface area (Å²) in [5, 5.41) is 5.31. The molecule has 0 spiro atoms. The highest BCUT2D eigenvalue weighted by Crippen LogP contribution is 2.28. The second-order valence-corrected chi connectivity index (χ2v) is 4.26. The normalized spacial score (nSPS) is 10.0. The van der Waals surface area contributed by atoms with E-state index in [1.807, 2.05) is 32.0 Å². The highest BCUT2D eigenvalue weighted by atomic mass is 16.5. The van der Waals surface area contributed by atoms with Gasteiger partial charge in [0.15, 0.2) is 11.5 Å². The van der Waals surface area contributed by atoms with Gasteiger partial charge in [0, 0.05) is 13.7 Å². The third-order valence-corrected chi connectivity index (χ3v) is 2.68. The van der Waals surface area contributed by atoms with Gasteiger partial charge in [0.2, 0.25) is 0 Å². The lowest BCUT2D eigenvalue weighted by Crippen LogP contribution is -2.37. The summed E-state index contributed by atoms with van der Waals surface area (Å²) in [7, 11) is 1.52. The molecule has 0 bridgehead atoms. The fourth-order valence-corrected chi connectivity index (χ4v) is 1.77. The summed E-state index contributed by atoms with van der Waals surface area (Å²) in [6, 6.07) is 5.58. The number of amides is 2. The number of benzene rings is 1. The van der Waals surface area contributed by atoms with Gasteiger partial charge >= 0.3 is 6.03 Å². The Balaban J connectivity index is 2.51. The van der Waals surface area contributed by atoms with Gasteiger partial charge in [0.25, 0.3) is 0 Å². The number of hydrogen-bond acceptors (Lipinski definition) is 4. The second-order valence-electron chi connectivity index (χ2n) is 4.26. The topological polar surface area (TPSA) is 68.8 Å². The molecule has 6 heteroatoms. The van der Waals surface area contributed by atoms with E-state index in [1.54, 1.807) is 0 Å². The molecule has 1 aromatic rings. The largest absolute Gasteiger partial charge is 0.490 e. The average molecular weight is 296 g/mol. The van der Waals surface area contributed by atoms with E-state index < -0.39 is 0 Å². The molecule has 0 heterocycles. The molecule has 0 aliphatic carbocycles. The van der Waals surface area contributed by atoms with Gasteiger partial charge in [0.05, 0.1) is 13.2 Å². The van der Waals surface area contributed by atoms with Gasteiger partial charge in [-0.05, 0) is 38.0 Å². The van der Waals surface area contributed by atoms with Crippen LogP contribution < -0.4 is 20.1 Å². The zero-order valence-corrected chi connectivity index (χ0v) is 12.9. The first-order valence-electron chi connectivity index (χ1n) is 7.10. The predicted molar refractivity (Wildman–Crippen MR) is 80.9 cm³/mol. The summed E-state index contributed by atoms with van der Waals surface area (Å²) >= 11 is 0. The Labute approximate surface area is 125 Å². The molecule has 0 aliphatic rings. The molecule has 0 saturated carbocycles. The van der Waals surface area contributed by atoms with Gasteiger partial charge in [-0.1, -0.05) is 6.07 Å². The zero-order chi connectivity index (χ0) is 15.5. The molecule has 0 aromatic heterocycles. The first-order chi connectivity index (χ1) is 10.2. The van der Waals surface area contributed by atoms with Gasteiger partial charge in [-0.3, -0.25) is 0 Å². The molecule has 118 valence electrons. The van der Waals surface area contributed by atoms with E-state index in [9.17, 15) is 4.79 Å². The molecule has 0 fully saturated rings. The monoisotopic (exact) mass is 296 g/mol. The number of urea groups is 1. The van der Waals surface area contributed by atoms with Crippen molar-refractivity contribution in [3.05, 3.63) is 23.8 Å². The van der Waals surface area contributed by atoms with Crippen LogP contribution >= 0.6 is 0 Å². The van der Waals surface area contributed by atoms with Crippen LogP contribution in [0.15, 0.2) is 18.2 Å². The standard InChI is InChI=1S/C15H24N2O4/c1-4-20-13-7-6-12(10-14(13)21-5-2)8-9-16-15(18)17-11-19-3/h6-7,10H,4-5,8-9,11H2,1-3H3,(H2,16,17,18). The summed E-state index contributed by atoms with van der Waals surface area (Å²) < 4.78 is 15.8. The van der Waals surface area contributed by atoms with Crippen LogP contribution in [0, 0.1) is 0 Å². The van der Waals surface area contributed by atoms with Crippen molar-refractivity contribution >= 4 is 6.03 Å².